The fourth-order valence-electron chi connectivity index (χ4n) is 2.52. The zero-order chi connectivity index (χ0) is 19.6. The normalized spacial score (nSPS) is 11.3. The van der Waals surface area contributed by atoms with Crippen molar-refractivity contribution in [2.45, 2.75) is 6.36 Å². The first-order valence-electron chi connectivity index (χ1n) is 7.99. The maximum absolute atomic E-state index is 12.4. The van der Waals surface area contributed by atoms with E-state index < -0.39 is 6.36 Å². The summed E-state index contributed by atoms with van der Waals surface area (Å²) in [6.07, 6.45) is -3.34. The first kappa shape index (κ1) is 18.5. The van der Waals surface area contributed by atoms with Crippen LogP contribution in [0, 0.1) is 0 Å². The van der Waals surface area contributed by atoms with Crippen LogP contribution < -0.4 is 15.4 Å². The fourth-order valence-corrected chi connectivity index (χ4v) is 2.52. The summed E-state index contributed by atoms with van der Waals surface area (Å²) in [5.41, 5.74) is 9.02. The Morgan fingerprint density at radius 3 is 2.33 bits per heavy atom. The van der Waals surface area contributed by atoms with Crippen LogP contribution in [0.1, 0.15) is 0 Å². The van der Waals surface area contributed by atoms with Gasteiger partial charge in [-0.15, -0.1) is 13.2 Å². The molecule has 8 heteroatoms. The summed E-state index contributed by atoms with van der Waals surface area (Å²) < 4.78 is 41.3. The lowest BCUT2D eigenvalue weighted by atomic mass is 10.1. The number of hydrogen-bond acceptors (Lipinski definition) is 5. The fraction of sp³-hybridized carbons (Fsp3) is 0.158. The largest absolute Gasteiger partial charge is 0.573 e. The summed E-state index contributed by atoms with van der Waals surface area (Å²) in [7, 11) is 3.86. The predicted molar refractivity (Wildman–Crippen MR) is 98.3 cm³/mol. The Kier molecular flexibility index (Phi) is 4.89. The molecule has 1 aromatic heterocycles. The SMILES string of the molecule is CN(C)c1ccc(-c2nc(-c3cccc(OC(F)(F)F)c3)cnc2N)cc1. The van der Waals surface area contributed by atoms with Crippen molar-refractivity contribution in [3.05, 3.63) is 54.7 Å². The van der Waals surface area contributed by atoms with Crippen molar-refractivity contribution in [2.24, 2.45) is 0 Å². The van der Waals surface area contributed by atoms with Gasteiger partial charge in [-0.25, -0.2) is 9.97 Å². The molecule has 5 nitrogen and oxygen atoms in total. The third-order valence-electron chi connectivity index (χ3n) is 3.82. The van der Waals surface area contributed by atoms with Crippen LogP contribution in [0.4, 0.5) is 24.7 Å². The highest BCUT2D eigenvalue weighted by Crippen LogP contribution is 2.30. The van der Waals surface area contributed by atoms with Crippen LogP contribution in [0.15, 0.2) is 54.7 Å². The zero-order valence-electron chi connectivity index (χ0n) is 14.7. The topological polar surface area (TPSA) is 64.3 Å². The average Bonchev–Trinajstić information content (AvgIpc) is 2.61. The van der Waals surface area contributed by atoms with Crippen molar-refractivity contribution >= 4 is 11.5 Å². The van der Waals surface area contributed by atoms with E-state index in [-0.39, 0.29) is 11.6 Å². The van der Waals surface area contributed by atoms with Gasteiger partial charge in [0, 0.05) is 30.9 Å². The molecule has 0 saturated carbocycles. The van der Waals surface area contributed by atoms with E-state index in [1.807, 2.05) is 43.3 Å². The maximum atomic E-state index is 12.4. The zero-order valence-corrected chi connectivity index (χ0v) is 14.7. The van der Waals surface area contributed by atoms with E-state index in [9.17, 15) is 13.2 Å². The Morgan fingerprint density at radius 1 is 1.00 bits per heavy atom. The summed E-state index contributed by atoms with van der Waals surface area (Å²) >= 11 is 0. The third-order valence-corrected chi connectivity index (χ3v) is 3.82. The number of nitrogens with two attached hydrogens (primary N) is 1. The van der Waals surface area contributed by atoms with Gasteiger partial charge < -0.3 is 15.4 Å². The molecule has 3 aromatic rings. The summed E-state index contributed by atoms with van der Waals surface area (Å²) in [4.78, 5) is 10.6. The number of aromatic nitrogens is 2. The Bertz CT molecular complexity index is 940. The van der Waals surface area contributed by atoms with Crippen LogP contribution in [0.25, 0.3) is 22.5 Å². The van der Waals surface area contributed by atoms with E-state index in [0.717, 1.165) is 11.3 Å². The molecule has 27 heavy (non-hydrogen) atoms. The molecule has 0 aliphatic rings. The molecular weight excluding hydrogens is 357 g/mol. The van der Waals surface area contributed by atoms with Gasteiger partial charge in [0.25, 0.3) is 0 Å². The van der Waals surface area contributed by atoms with Crippen LogP contribution >= 0.6 is 0 Å². The van der Waals surface area contributed by atoms with Gasteiger partial charge in [-0.1, -0.05) is 24.3 Å². The minimum atomic E-state index is -4.76. The van der Waals surface area contributed by atoms with Crippen molar-refractivity contribution in [1.82, 2.24) is 9.97 Å². The number of nitrogen functional groups attached to an aromatic ring is 1. The van der Waals surface area contributed by atoms with Crippen molar-refractivity contribution in [1.29, 1.82) is 0 Å². The maximum Gasteiger partial charge on any atom is 0.573 e. The van der Waals surface area contributed by atoms with Crippen LogP contribution in [0.5, 0.6) is 5.75 Å². The van der Waals surface area contributed by atoms with Gasteiger partial charge >= 0.3 is 6.36 Å². The second-order valence-electron chi connectivity index (χ2n) is 6.01. The molecule has 140 valence electrons. The number of alkyl halides is 3. The first-order chi connectivity index (χ1) is 12.7. The number of benzene rings is 2. The Labute approximate surface area is 154 Å². The second-order valence-corrected chi connectivity index (χ2v) is 6.01. The molecule has 2 N–H and O–H groups in total. The minimum Gasteiger partial charge on any atom is -0.406 e. The predicted octanol–water partition coefficient (Wildman–Crippen LogP) is 4.36. The summed E-state index contributed by atoms with van der Waals surface area (Å²) in [6.45, 7) is 0. The van der Waals surface area contributed by atoms with Gasteiger partial charge in [-0.3, -0.25) is 0 Å². The van der Waals surface area contributed by atoms with Crippen molar-refractivity contribution in [3.63, 3.8) is 0 Å². The van der Waals surface area contributed by atoms with E-state index in [1.165, 1.54) is 24.4 Å². The standard InChI is InChI=1S/C19H17F3N4O/c1-26(2)14-8-6-12(7-9-14)17-18(23)24-11-16(25-17)13-4-3-5-15(10-13)27-19(20,21)22/h3-11H,1-2H3,(H2,23,24). The molecule has 0 spiro atoms. The molecule has 0 amide bonds. The number of hydrogen-bond donors (Lipinski definition) is 1. The van der Waals surface area contributed by atoms with Gasteiger partial charge in [0.15, 0.2) is 0 Å². The lowest BCUT2D eigenvalue weighted by molar-refractivity contribution is -0.274. The van der Waals surface area contributed by atoms with Crippen LogP contribution in [-0.4, -0.2) is 30.4 Å². The first-order valence-corrected chi connectivity index (χ1v) is 7.99. The molecular formula is C19H17F3N4O. The number of anilines is 2. The van der Waals surface area contributed by atoms with Gasteiger partial charge in [-0.05, 0) is 24.3 Å². The van der Waals surface area contributed by atoms with Crippen molar-refractivity contribution < 1.29 is 17.9 Å². The van der Waals surface area contributed by atoms with E-state index in [1.54, 1.807) is 6.07 Å². The van der Waals surface area contributed by atoms with Crippen molar-refractivity contribution in [2.75, 3.05) is 24.7 Å². The monoisotopic (exact) mass is 374 g/mol. The molecule has 0 atom stereocenters. The summed E-state index contributed by atoms with van der Waals surface area (Å²) in [6, 6.07) is 13.1. The Morgan fingerprint density at radius 2 is 1.70 bits per heavy atom. The molecule has 2 aromatic carbocycles. The van der Waals surface area contributed by atoms with Crippen LogP contribution in [0.3, 0.4) is 0 Å². The lowest BCUT2D eigenvalue weighted by Gasteiger charge is -2.13. The number of halogens is 3. The molecule has 0 bridgehead atoms. The van der Waals surface area contributed by atoms with E-state index in [2.05, 4.69) is 14.7 Å². The second kappa shape index (κ2) is 7.14. The van der Waals surface area contributed by atoms with Gasteiger partial charge in [0.1, 0.15) is 17.3 Å². The molecule has 1 heterocycles. The number of ether oxygens (including phenoxy) is 1. The van der Waals surface area contributed by atoms with E-state index >= 15 is 0 Å². The highest BCUT2D eigenvalue weighted by molar-refractivity contribution is 5.74. The van der Waals surface area contributed by atoms with Gasteiger partial charge in [0.05, 0.1) is 11.9 Å². The quantitative estimate of drug-likeness (QED) is 0.735. The average molecular weight is 374 g/mol. The molecule has 0 saturated heterocycles. The Hall–Kier alpha value is -3.29. The number of rotatable bonds is 4. The van der Waals surface area contributed by atoms with Gasteiger partial charge in [0.2, 0.25) is 0 Å². The molecule has 3 rings (SSSR count). The highest BCUT2D eigenvalue weighted by Gasteiger charge is 2.31. The Balaban J connectivity index is 1.97. The lowest BCUT2D eigenvalue weighted by Crippen LogP contribution is -2.17. The van der Waals surface area contributed by atoms with E-state index in [0.29, 0.717) is 17.0 Å². The van der Waals surface area contributed by atoms with Crippen molar-refractivity contribution in [3.8, 4) is 28.3 Å². The molecule has 0 radical (unpaired) electrons. The number of nitrogens with zero attached hydrogens (tertiary/aromatic N) is 3. The van der Waals surface area contributed by atoms with Crippen LogP contribution in [0.2, 0.25) is 0 Å². The molecule has 0 fully saturated rings. The molecule has 0 aliphatic carbocycles. The van der Waals surface area contributed by atoms with E-state index in [4.69, 9.17) is 5.73 Å². The molecule has 0 aliphatic heterocycles. The van der Waals surface area contributed by atoms with Crippen LogP contribution in [-0.2, 0) is 0 Å². The summed E-state index contributed by atoms with van der Waals surface area (Å²) in [5, 5.41) is 0. The highest BCUT2D eigenvalue weighted by atomic mass is 19.4. The summed E-state index contributed by atoms with van der Waals surface area (Å²) in [5.74, 6) is -0.0884. The van der Waals surface area contributed by atoms with Gasteiger partial charge in [-0.2, -0.15) is 0 Å². The smallest absolute Gasteiger partial charge is 0.406 e. The molecule has 0 unspecified atom stereocenters. The minimum absolute atomic E-state index is 0.235. The third kappa shape index (κ3) is 4.46.